The number of hydrogen-bond acceptors (Lipinski definition) is 3. The maximum absolute atomic E-state index is 12.2. The molecule has 5 heteroatoms. The van der Waals surface area contributed by atoms with Gasteiger partial charge in [-0.1, -0.05) is 24.3 Å². The lowest BCUT2D eigenvalue weighted by Gasteiger charge is -2.13. The Balaban J connectivity index is 2.05. The predicted molar refractivity (Wildman–Crippen MR) is 89.6 cm³/mol. The molecule has 23 heavy (non-hydrogen) atoms. The van der Waals surface area contributed by atoms with Crippen LogP contribution in [0.5, 0.6) is 0 Å². The van der Waals surface area contributed by atoms with Crippen LogP contribution in [0.4, 0.5) is 5.69 Å². The van der Waals surface area contributed by atoms with Gasteiger partial charge in [-0.15, -0.1) is 0 Å². The fraction of sp³-hybridized carbons (Fsp3) is 0.222. The first kappa shape index (κ1) is 16.7. The summed E-state index contributed by atoms with van der Waals surface area (Å²) in [7, 11) is 1.59. The lowest BCUT2D eigenvalue weighted by molar-refractivity contribution is 0.0905. The van der Waals surface area contributed by atoms with Crippen molar-refractivity contribution in [2.75, 3.05) is 19.0 Å². The molecule has 0 bridgehead atoms. The standard InChI is InChI=1S/C18H20N2O3/c1-13(12-23-2)19-18(22)15-9-6-10-16(11-15)20-17(21)14-7-4-3-5-8-14/h3-11,13H,12H2,1-2H3,(H,19,22)(H,20,21)/t13-/m0/s1. The zero-order valence-electron chi connectivity index (χ0n) is 13.2. The third kappa shape index (κ3) is 4.93. The summed E-state index contributed by atoms with van der Waals surface area (Å²) in [4.78, 5) is 24.3. The lowest BCUT2D eigenvalue weighted by Crippen LogP contribution is -2.35. The summed E-state index contributed by atoms with van der Waals surface area (Å²) in [6.07, 6.45) is 0. The monoisotopic (exact) mass is 312 g/mol. The number of carbonyl (C=O) groups excluding carboxylic acids is 2. The number of methoxy groups -OCH3 is 1. The van der Waals surface area contributed by atoms with Crippen LogP contribution in [0.1, 0.15) is 27.6 Å². The fourth-order valence-electron chi connectivity index (χ4n) is 2.13. The van der Waals surface area contributed by atoms with E-state index in [0.717, 1.165) is 0 Å². The normalized spacial score (nSPS) is 11.6. The van der Waals surface area contributed by atoms with Gasteiger partial charge in [0.05, 0.1) is 6.61 Å². The van der Waals surface area contributed by atoms with Crippen molar-refractivity contribution in [1.82, 2.24) is 5.32 Å². The average molecular weight is 312 g/mol. The van der Waals surface area contributed by atoms with E-state index >= 15 is 0 Å². The Hall–Kier alpha value is -2.66. The Kier molecular flexibility index (Phi) is 5.88. The zero-order chi connectivity index (χ0) is 16.7. The third-order valence-electron chi connectivity index (χ3n) is 3.21. The number of carbonyl (C=O) groups is 2. The predicted octanol–water partition coefficient (Wildman–Crippen LogP) is 2.70. The van der Waals surface area contributed by atoms with Gasteiger partial charge in [0, 0.05) is 30.0 Å². The van der Waals surface area contributed by atoms with Crippen LogP contribution in [-0.2, 0) is 4.74 Å². The molecule has 0 saturated carbocycles. The Labute approximate surface area is 135 Å². The molecule has 0 heterocycles. The van der Waals surface area contributed by atoms with E-state index < -0.39 is 0 Å². The molecule has 2 aromatic carbocycles. The van der Waals surface area contributed by atoms with Gasteiger partial charge in [0.1, 0.15) is 0 Å². The SMILES string of the molecule is COC[C@H](C)NC(=O)c1cccc(NC(=O)c2ccccc2)c1. The minimum absolute atomic E-state index is 0.0879. The van der Waals surface area contributed by atoms with Gasteiger partial charge in [-0.3, -0.25) is 9.59 Å². The van der Waals surface area contributed by atoms with Gasteiger partial charge in [-0.25, -0.2) is 0 Å². The van der Waals surface area contributed by atoms with Crippen molar-refractivity contribution in [3.63, 3.8) is 0 Å². The highest BCUT2D eigenvalue weighted by atomic mass is 16.5. The maximum Gasteiger partial charge on any atom is 0.255 e. The number of nitrogens with one attached hydrogen (secondary N) is 2. The lowest BCUT2D eigenvalue weighted by atomic mass is 10.1. The molecule has 2 amide bonds. The number of ether oxygens (including phenoxy) is 1. The van der Waals surface area contributed by atoms with Crippen LogP contribution < -0.4 is 10.6 Å². The Morgan fingerprint density at radius 1 is 1.00 bits per heavy atom. The van der Waals surface area contributed by atoms with Gasteiger partial charge in [-0.2, -0.15) is 0 Å². The van der Waals surface area contributed by atoms with Crippen molar-refractivity contribution in [3.8, 4) is 0 Å². The van der Waals surface area contributed by atoms with Crippen molar-refractivity contribution in [2.45, 2.75) is 13.0 Å². The molecule has 0 saturated heterocycles. The topological polar surface area (TPSA) is 67.4 Å². The highest BCUT2D eigenvalue weighted by Crippen LogP contribution is 2.12. The molecule has 0 aliphatic carbocycles. The van der Waals surface area contributed by atoms with Crippen molar-refractivity contribution in [3.05, 3.63) is 65.7 Å². The van der Waals surface area contributed by atoms with Gasteiger partial charge >= 0.3 is 0 Å². The highest BCUT2D eigenvalue weighted by molar-refractivity contribution is 6.05. The summed E-state index contributed by atoms with van der Waals surface area (Å²) >= 11 is 0. The molecular weight excluding hydrogens is 292 g/mol. The Morgan fingerprint density at radius 2 is 1.70 bits per heavy atom. The zero-order valence-corrected chi connectivity index (χ0v) is 13.2. The first-order valence-corrected chi connectivity index (χ1v) is 7.36. The largest absolute Gasteiger partial charge is 0.383 e. The second-order valence-corrected chi connectivity index (χ2v) is 5.23. The van der Waals surface area contributed by atoms with Crippen LogP contribution in [0.2, 0.25) is 0 Å². The van der Waals surface area contributed by atoms with Crippen LogP contribution in [0.3, 0.4) is 0 Å². The molecule has 0 aliphatic heterocycles. The van der Waals surface area contributed by atoms with E-state index in [1.54, 1.807) is 55.6 Å². The molecule has 1 atom stereocenters. The molecule has 0 spiro atoms. The van der Waals surface area contributed by atoms with Crippen LogP contribution in [0.25, 0.3) is 0 Å². The Bertz CT molecular complexity index is 671. The van der Waals surface area contributed by atoms with Crippen molar-refractivity contribution in [2.24, 2.45) is 0 Å². The van der Waals surface area contributed by atoms with Crippen LogP contribution >= 0.6 is 0 Å². The van der Waals surface area contributed by atoms with E-state index in [2.05, 4.69) is 10.6 Å². The summed E-state index contributed by atoms with van der Waals surface area (Å²) in [6.45, 7) is 2.30. The van der Waals surface area contributed by atoms with Crippen molar-refractivity contribution in [1.29, 1.82) is 0 Å². The van der Waals surface area contributed by atoms with E-state index in [0.29, 0.717) is 23.4 Å². The van der Waals surface area contributed by atoms with E-state index in [-0.39, 0.29) is 17.9 Å². The first-order valence-electron chi connectivity index (χ1n) is 7.36. The van der Waals surface area contributed by atoms with Gasteiger partial charge in [0.25, 0.3) is 11.8 Å². The average Bonchev–Trinajstić information content (AvgIpc) is 2.56. The van der Waals surface area contributed by atoms with Crippen molar-refractivity contribution < 1.29 is 14.3 Å². The van der Waals surface area contributed by atoms with Gasteiger partial charge in [0.2, 0.25) is 0 Å². The molecule has 0 unspecified atom stereocenters. The van der Waals surface area contributed by atoms with Crippen LogP contribution in [0.15, 0.2) is 54.6 Å². The minimum Gasteiger partial charge on any atom is -0.383 e. The van der Waals surface area contributed by atoms with E-state index in [1.165, 1.54) is 0 Å². The molecule has 0 aromatic heterocycles. The molecule has 0 fully saturated rings. The summed E-state index contributed by atoms with van der Waals surface area (Å²) in [6, 6.07) is 15.7. The number of rotatable bonds is 6. The summed E-state index contributed by atoms with van der Waals surface area (Å²) in [5, 5.41) is 5.62. The number of benzene rings is 2. The van der Waals surface area contributed by atoms with Gasteiger partial charge < -0.3 is 15.4 Å². The number of amides is 2. The second-order valence-electron chi connectivity index (χ2n) is 5.23. The molecule has 2 N–H and O–H groups in total. The summed E-state index contributed by atoms with van der Waals surface area (Å²) in [5.41, 5.74) is 1.63. The highest BCUT2D eigenvalue weighted by Gasteiger charge is 2.11. The molecular formula is C18H20N2O3. The summed E-state index contributed by atoms with van der Waals surface area (Å²) < 4.78 is 4.99. The minimum atomic E-state index is -0.212. The smallest absolute Gasteiger partial charge is 0.255 e. The van der Waals surface area contributed by atoms with E-state index in [4.69, 9.17) is 4.74 Å². The first-order chi connectivity index (χ1) is 11.1. The Morgan fingerprint density at radius 3 is 2.39 bits per heavy atom. The van der Waals surface area contributed by atoms with E-state index in [9.17, 15) is 9.59 Å². The van der Waals surface area contributed by atoms with Crippen molar-refractivity contribution >= 4 is 17.5 Å². The fourth-order valence-corrected chi connectivity index (χ4v) is 2.13. The van der Waals surface area contributed by atoms with Crippen LogP contribution in [-0.4, -0.2) is 31.6 Å². The van der Waals surface area contributed by atoms with Crippen LogP contribution in [0, 0.1) is 0 Å². The van der Waals surface area contributed by atoms with Gasteiger partial charge in [0.15, 0.2) is 0 Å². The molecule has 2 rings (SSSR count). The molecule has 0 radical (unpaired) electrons. The van der Waals surface area contributed by atoms with E-state index in [1.807, 2.05) is 13.0 Å². The number of anilines is 1. The quantitative estimate of drug-likeness (QED) is 0.862. The maximum atomic E-state index is 12.2. The molecule has 120 valence electrons. The number of hydrogen-bond donors (Lipinski definition) is 2. The molecule has 0 aliphatic rings. The molecule has 5 nitrogen and oxygen atoms in total. The molecule has 2 aromatic rings. The summed E-state index contributed by atoms with van der Waals surface area (Å²) in [5.74, 6) is -0.415. The third-order valence-corrected chi connectivity index (χ3v) is 3.21. The van der Waals surface area contributed by atoms with Gasteiger partial charge in [-0.05, 0) is 37.3 Å². The second kappa shape index (κ2) is 8.10.